The Morgan fingerprint density at radius 1 is 1.78 bits per heavy atom. The van der Waals surface area contributed by atoms with Gasteiger partial charge in [0.1, 0.15) is 4.87 Å². The van der Waals surface area contributed by atoms with Gasteiger partial charge in [0.15, 0.2) is 6.29 Å². The van der Waals surface area contributed by atoms with Crippen LogP contribution in [0.1, 0.15) is 13.3 Å². The average Bonchev–Trinajstić information content (AvgIpc) is 2.26. The van der Waals surface area contributed by atoms with E-state index in [-0.39, 0.29) is 5.41 Å². The summed E-state index contributed by atoms with van der Waals surface area (Å²) in [5.74, 6) is 0. The van der Waals surface area contributed by atoms with Crippen LogP contribution in [-0.4, -0.2) is 22.9 Å². The average molecular weight is 149 g/mol. The summed E-state index contributed by atoms with van der Waals surface area (Å²) in [4.78, 5) is -0.438. The summed E-state index contributed by atoms with van der Waals surface area (Å²) < 4.78 is 4.94. The van der Waals surface area contributed by atoms with Crippen LogP contribution < -0.4 is 0 Å². The summed E-state index contributed by atoms with van der Waals surface area (Å²) in [5.41, 5.74) is 0.0635. The summed E-state index contributed by atoms with van der Waals surface area (Å²) in [6.45, 7) is 2.65. The molecule has 0 amide bonds. The second kappa shape index (κ2) is 1.29. The van der Waals surface area contributed by atoms with E-state index in [1.807, 2.05) is 6.92 Å². The Labute approximate surface area is 58.8 Å². The number of fused-ring (bicyclic) bond motifs is 1. The molecule has 1 aliphatic heterocycles. The molecule has 2 nitrogen and oxygen atoms in total. The minimum Gasteiger partial charge on any atom is -0.366 e. The molecule has 1 N–H and O–H groups in total. The van der Waals surface area contributed by atoms with E-state index in [0.717, 1.165) is 6.42 Å². The van der Waals surface area contributed by atoms with Crippen LogP contribution >= 0.6 is 11.6 Å². The predicted molar refractivity (Wildman–Crippen MR) is 33.3 cm³/mol. The number of hydrogen-bond acceptors (Lipinski definition) is 2. The number of alkyl halides is 1. The lowest BCUT2D eigenvalue weighted by Crippen LogP contribution is -2.21. The lowest BCUT2D eigenvalue weighted by Gasteiger charge is -2.07. The van der Waals surface area contributed by atoms with Gasteiger partial charge in [0.05, 0.1) is 6.61 Å². The molecule has 1 saturated heterocycles. The van der Waals surface area contributed by atoms with Crippen molar-refractivity contribution in [2.75, 3.05) is 6.61 Å². The van der Waals surface area contributed by atoms with Crippen molar-refractivity contribution < 1.29 is 9.84 Å². The first-order valence-corrected chi connectivity index (χ1v) is 3.45. The molecule has 1 saturated carbocycles. The van der Waals surface area contributed by atoms with E-state index in [2.05, 4.69) is 0 Å². The molecule has 1 heterocycles. The Kier molecular flexibility index (Phi) is 0.852. The Morgan fingerprint density at radius 2 is 2.44 bits per heavy atom. The fourth-order valence-electron chi connectivity index (χ4n) is 1.47. The largest absolute Gasteiger partial charge is 0.366 e. The highest BCUT2D eigenvalue weighted by Gasteiger charge is 2.72. The highest BCUT2D eigenvalue weighted by atomic mass is 35.5. The van der Waals surface area contributed by atoms with E-state index in [1.54, 1.807) is 0 Å². The van der Waals surface area contributed by atoms with E-state index in [9.17, 15) is 0 Å². The normalized spacial score (nSPS) is 63.7. The van der Waals surface area contributed by atoms with Gasteiger partial charge >= 0.3 is 0 Å². The number of ether oxygens (including phenoxy) is 1. The molecule has 1 unspecified atom stereocenters. The summed E-state index contributed by atoms with van der Waals surface area (Å²) in [6, 6.07) is 0. The number of halogens is 1. The van der Waals surface area contributed by atoms with Gasteiger partial charge in [0, 0.05) is 5.41 Å². The Balaban J connectivity index is 2.27. The first-order chi connectivity index (χ1) is 4.08. The van der Waals surface area contributed by atoms with Crippen molar-refractivity contribution in [3.8, 4) is 0 Å². The van der Waals surface area contributed by atoms with Crippen molar-refractivity contribution >= 4 is 11.6 Å². The van der Waals surface area contributed by atoms with Gasteiger partial charge in [-0.25, -0.2) is 0 Å². The molecule has 0 radical (unpaired) electrons. The van der Waals surface area contributed by atoms with Gasteiger partial charge in [-0.1, -0.05) is 6.92 Å². The zero-order chi connectivity index (χ0) is 6.70. The van der Waals surface area contributed by atoms with E-state index in [4.69, 9.17) is 21.4 Å². The fraction of sp³-hybridized carbons (Fsp3) is 1.00. The monoisotopic (exact) mass is 148 g/mol. The van der Waals surface area contributed by atoms with Gasteiger partial charge in [0.2, 0.25) is 0 Å². The van der Waals surface area contributed by atoms with Crippen molar-refractivity contribution in [3.05, 3.63) is 0 Å². The van der Waals surface area contributed by atoms with Crippen LogP contribution in [0.25, 0.3) is 0 Å². The van der Waals surface area contributed by atoms with Crippen LogP contribution in [0.4, 0.5) is 0 Å². The molecule has 0 bridgehead atoms. The molecule has 3 heteroatoms. The lowest BCUT2D eigenvalue weighted by atomic mass is 10.1. The fourth-order valence-corrected chi connectivity index (χ4v) is 1.89. The molecule has 9 heavy (non-hydrogen) atoms. The van der Waals surface area contributed by atoms with E-state index in [1.165, 1.54) is 0 Å². The van der Waals surface area contributed by atoms with E-state index in [0.29, 0.717) is 6.61 Å². The van der Waals surface area contributed by atoms with Gasteiger partial charge in [-0.15, -0.1) is 11.6 Å². The Morgan fingerprint density at radius 3 is 2.56 bits per heavy atom. The number of aliphatic hydroxyl groups excluding tert-OH is 1. The van der Waals surface area contributed by atoms with Crippen LogP contribution in [-0.2, 0) is 4.74 Å². The minimum atomic E-state index is -0.732. The zero-order valence-corrected chi connectivity index (χ0v) is 5.98. The SMILES string of the molecule is C[C@]12COC(O)[C@@]1(Cl)C2. The third kappa shape index (κ3) is 0.498. The first kappa shape index (κ1) is 5.96. The topological polar surface area (TPSA) is 29.5 Å². The first-order valence-electron chi connectivity index (χ1n) is 3.07. The lowest BCUT2D eigenvalue weighted by molar-refractivity contribution is -0.0780. The second-order valence-corrected chi connectivity index (χ2v) is 3.94. The molecule has 2 aliphatic rings. The summed E-state index contributed by atoms with van der Waals surface area (Å²) in [6.07, 6.45) is 0.159. The Hall–Kier alpha value is 0.210. The highest BCUT2D eigenvalue weighted by molar-refractivity contribution is 6.27. The van der Waals surface area contributed by atoms with Gasteiger partial charge in [-0.05, 0) is 6.42 Å². The molecule has 0 aromatic heterocycles. The highest BCUT2D eigenvalue weighted by Crippen LogP contribution is 2.66. The van der Waals surface area contributed by atoms with Crippen LogP contribution in [0.2, 0.25) is 0 Å². The predicted octanol–water partition coefficient (Wildman–Crippen LogP) is 0.723. The maximum absolute atomic E-state index is 9.11. The molecule has 2 fully saturated rings. The van der Waals surface area contributed by atoms with Crippen LogP contribution in [0.5, 0.6) is 0 Å². The number of aliphatic hydroxyl groups is 1. The molecule has 1 aliphatic carbocycles. The number of rotatable bonds is 0. The van der Waals surface area contributed by atoms with Crippen molar-refractivity contribution in [1.82, 2.24) is 0 Å². The molecule has 0 spiro atoms. The minimum absolute atomic E-state index is 0.0635. The smallest absolute Gasteiger partial charge is 0.174 e. The van der Waals surface area contributed by atoms with Crippen molar-refractivity contribution in [2.24, 2.45) is 5.41 Å². The molecule has 0 aromatic carbocycles. The van der Waals surface area contributed by atoms with Crippen LogP contribution in [0, 0.1) is 5.41 Å². The molecule has 0 aromatic rings. The van der Waals surface area contributed by atoms with Gasteiger partial charge in [0.25, 0.3) is 0 Å². The second-order valence-electron chi connectivity index (χ2n) is 3.26. The molecular weight excluding hydrogens is 140 g/mol. The van der Waals surface area contributed by atoms with Gasteiger partial charge in [-0.3, -0.25) is 0 Å². The van der Waals surface area contributed by atoms with Crippen LogP contribution in [0.3, 0.4) is 0 Å². The quantitative estimate of drug-likeness (QED) is 0.513. The molecule has 3 atom stereocenters. The standard InChI is InChI=1S/C6H9ClO2/c1-5-2-6(5,7)4(8)9-3-5/h4,8H,2-3H2,1H3/t4?,5-,6-/m0/s1. The van der Waals surface area contributed by atoms with E-state index >= 15 is 0 Å². The molecule has 52 valence electrons. The number of hydrogen-bond donors (Lipinski definition) is 1. The molecule has 2 rings (SSSR count). The third-order valence-corrected chi connectivity index (χ3v) is 3.25. The Bertz CT molecular complexity index is 157. The van der Waals surface area contributed by atoms with Gasteiger partial charge in [-0.2, -0.15) is 0 Å². The maximum Gasteiger partial charge on any atom is 0.174 e. The summed E-state index contributed by atoms with van der Waals surface area (Å²) in [7, 11) is 0. The van der Waals surface area contributed by atoms with Crippen molar-refractivity contribution in [2.45, 2.75) is 24.5 Å². The summed E-state index contributed by atoms with van der Waals surface area (Å²) >= 11 is 5.96. The third-order valence-electron chi connectivity index (χ3n) is 2.48. The van der Waals surface area contributed by atoms with Crippen molar-refractivity contribution in [3.63, 3.8) is 0 Å². The molecular formula is C6H9ClO2. The maximum atomic E-state index is 9.11. The van der Waals surface area contributed by atoms with Crippen molar-refractivity contribution in [1.29, 1.82) is 0 Å². The van der Waals surface area contributed by atoms with E-state index < -0.39 is 11.2 Å². The van der Waals surface area contributed by atoms with Crippen LogP contribution in [0.15, 0.2) is 0 Å². The van der Waals surface area contributed by atoms with Gasteiger partial charge < -0.3 is 9.84 Å². The zero-order valence-electron chi connectivity index (χ0n) is 5.22. The summed E-state index contributed by atoms with van der Waals surface area (Å²) in [5, 5.41) is 9.11.